The minimum Gasteiger partial charge on any atom is -0.492 e. The molecule has 31 heavy (non-hydrogen) atoms. The van der Waals surface area contributed by atoms with Crippen molar-refractivity contribution in [3.63, 3.8) is 0 Å². The molecule has 2 heterocycles. The molecule has 1 aliphatic carbocycles. The lowest BCUT2D eigenvalue weighted by Gasteiger charge is -2.38. The number of carboxylic acids is 1. The van der Waals surface area contributed by atoms with Gasteiger partial charge in [-0.1, -0.05) is 48.9 Å². The number of likely N-dealkylation sites (tertiary alicyclic amines) is 1. The van der Waals surface area contributed by atoms with Gasteiger partial charge < -0.3 is 14.7 Å². The molecular formula is C26H28ClNO3. The molecule has 1 atom stereocenters. The number of benzene rings is 2. The van der Waals surface area contributed by atoms with Crippen molar-refractivity contribution in [2.24, 2.45) is 0 Å². The number of aryl methyl sites for hydroxylation is 1. The quantitative estimate of drug-likeness (QED) is 0.667. The first-order valence-electron chi connectivity index (χ1n) is 11.2. The monoisotopic (exact) mass is 437 g/mol. The van der Waals surface area contributed by atoms with Crippen molar-refractivity contribution in [1.29, 1.82) is 0 Å². The zero-order valence-electron chi connectivity index (χ0n) is 17.9. The van der Waals surface area contributed by atoms with Crippen molar-refractivity contribution in [2.45, 2.75) is 43.9 Å². The van der Waals surface area contributed by atoms with E-state index in [9.17, 15) is 4.79 Å². The molecule has 5 rings (SSSR count). The van der Waals surface area contributed by atoms with Gasteiger partial charge in [0.1, 0.15) is 5.75 Å². The molecule has 0 bridgehead atoms. The van der Waals surface area contributed by atoms with Crippen LogP contribution in [0.2, 0.25) is 5.02 Å². The van der Waals surface area contributed by atoms with E-state index in [1.54, 1.807) is 0 Å². The second-order valence-electron chi connectivity index (χ2n) is 9.07. The van der Waals surface area contributed by atoms with E-state index in [0.29, 0.717) is 12.5 Å². The van der Waals surface area contributed by atoms with Gasteiger partial charge in [0.25, 0.3) is 0 Å². The fourth-order valence-corrected chi connectivity index (χ4v) is 5.38. The minimum absolute atomic E-state index is 0.0731. The SMILES string of the molecule is CCc1ccc(Cl)c(C2C=C2c2ccc3c(c2)OCC32CCN(CCC(=O)O)CC2)c1. The lowest BCUT2D eigenvalue weighted by atomic mass is 9.74. The molecular weight excluding hydrogens is 410 g/mol. The van der Waals surface area contributed by atoms with Crippen LogP contribution in [0.15, 0.2) is 42.5 Å². The van der Waals surface area contributed by atoms with Gasteiger partial charge in [-0.25, -0.2) is 0 Å². The highest BCUT2D eigenvalue weighted by atomic mass is 35.5. The summed E-state index contributed by atoms with van der Waals surface area (Å²) in [5.74, 6) is 0.582. The molecule has 4 nitrogen and oxygen atoms in total. The number of nitrogens with zero attached hydrogens (tertiary/aromatic N) is 1. The Labute approximate surface area is 188 Å². The van der Waals surface area contributed by atoms with Crippen molar-refractivity contribution >= 4 is 23.1 Å². The van der Waals surface area contributed by atoms with Crippen molar-refractivity contribution in [2.75, 3.05) is 26.2 Å². The summed E-state index contributed by atoms with van der Waals surface area (Å²) in [6, 6.07) is 13.0. The molecule has 162 valence electrons. The van der Waals surface area contributed by atoms with Crippen LogP contribution in [0.25, 0.3) is 5.57 Å². The molecule has 1 saturated heterocycles. The molecule has 0 radical (unpaired) electrons. The highest BCUT2D eigenvalue weighted by molar-refractivity contribution is 6.31. The van der Waals surface area contributed by atoms with Gasteiger partial charge in [0, 0.05) is 28.5 Å². The first-order valence-corrected chi connectivity index (χ1v) is 11.6. The zero-order chi connectivity index (χ0) is 21.6. The second-order valence-corrected chi connectivity index (χ2v) is 9.48. The Hall–Kier alpha value is -2.30. The van der Waals surface area contributed by atoms with E-state index in [-0.39, 0.29) is 11.8 Å². The van der Waals surface area contributed by atoms with E-state index in [0.717, 1.165) is 49.7 Å². The van der Waals surface area contributed by atoms with E-state index in [2.05, 4.69) is 48.2 Å². The van der Waals surface area contributed by atoms with Crippen LogP contribution >= 0.6 is 11.6 Å². The van der Waals surface area contributed by atoms with Gasteiger partial charge in [0.15, 0.2) is 0 Å². The Bertz CT molecular complexity index is 1050. The van der Waals surface area contributed by atoms with Crippen LogP contribution in [0.1, 0.15) is 54.4 Å². The van der Waals surface area contributed by atoms with E-state index >= 15 is 0 Å². The zero-order valence-corrected chi connectivity index (χ0v) is 18.6. The van der Waals surface area contributed by atoms with Crippen molar-refractivity contribution < 1.29 is 14.6 Å². The fourth-order valence-electron chi connectivity index (χ4n) is 5.14. The van der Waals surface area contributed by atoms with Gasteiger partial charge in [-0.15, -0.1) is 0 Å². The molecule has 2 aromatic carbocycles. The largest absolute Gasteiger partial charge is 0.492 e. The number of ether oxygens (including phenoxy) is 1. The average Bonchev–Trinajstić information content (AvgIpc) is 3.51. The van der Waals surface area contributed by atoms with Crippen LogP contribution in [0, 0.1) is 0 Å². The average molecular weight is 438 g/mol. The van der Waals surface area contributed by atoms with Crippen molar-refractivity contribution in [3.05, 3.63) is 69.8 Å². The maximum atomic E-state index is 10.9. The standard InChI is InChI=1S/C26H28ClNO3/c1-2-17-3-6-23(27)21(13-17)20-15-19(20)18-4-5-22-24(14-18)31-16-26(22)8-11-28(12-9-26)10-7-25(29)30/h3-6,13-15,20H,2,7-12,16H2,1H3,(H,29,30). The Morgan fingerprint density at radius 2 is 2.03 bits per heavy atom. The summed E-state index contributed by atoms with van der Waals surface area (Å²) >= 11 is 6.49. The van der Waals surface area contributed by atoms with Crippen LogP contribution in [-0.2, 0) is 16.6 Å². The molecule has 0 aromatic heterocycles. The summed E-state index contributed by atoms with van der Waals surface area (Å²) in [4.78, 5) is 13.1. The Kier molecular flexibility index (Phi) is 5.31. The molecule has 1 N–H and O–H groups in total. The minimum atomic E-state index is -0.724. The number of fused-ring (bicyclic) bond motifs is 2. The summed E-state index contributed by atoms with van der Waals surface area (Å²) in [5, 5.41) is 9.76. The van der Waals surface area contributed by atoms with Crippen LogP contribution in [0.5, 0.6) is 5.75 Å². The van der Waals surface area contributed by atoms with Crippen LogP contribution in [0.4, 0.5) is 0 Å². The fraction of sp³-hybridized carbons (Fsp3) is 0.423. The Morgan fingerprint density at radius 3 is 2.77 bits per heavy atom. The Balaban J connectivity index is 1.29. The molecule has 1 fully saturated rings. The molecule has 2 aromatic rings. The molecule has 5 heteroatoms. The maximum Gasteiger partial charge on any atom is 0.304 e. The number of hydrogen-bond donors (Lipinski definition) is 1. The molecule has 0 saturated carbocycles. The van der Waals surface area contributed by atoms with E-state index in [4.69, 9.17) is 21.4 Å². The number of halogens is 1. The first-order chi connectivity index (χ1) is 15.0. The van der Waals surface area contributed by atoms with Gasteiger partial charge in [0.2, 0.25) is 0 Å². The summed E-state index contributed by atoms with van der Waals surface area (Å²) in [6.45, 7) is 5.38. The summed E-state index contributed by atoms with van der Waals surface area (Å²) in [7, 11) is 0. The number of carbonyl (C=O) groups is 1. The predicted octanol–water partition coefficient (Wildman–Crippen LogP) is 5.28. The maximum absolute atomic E-state index is 10.9. The number of hydrogen-bond acceptors (Lipinski definition) is 3. The van der Waals surface area contributed by atoms with Gasteiger partial charge in [-0.05, 0) is 66.7 Å². The predicted molar refractivity (Wildman–Crippen MR) is 123 cm³/mol. The molecule has 1 unspecified atom stereocenters. The van der Waals surface area contributed by atoms with Crippen LogP contribution in [0.3, 0.4) is 0 Å². The molecule has 0 amide bonds. The normalized spacial score (nSPS) is 21.5. The molecule has 3 aliphatic rings. The third-order valence-corrected chi connectivity index (χ3v) is 7.57. The van der Waals surface area contributed by atoms with Crippen LogP contribution < -0.4 is 4.74 Å². The molecule has 1 spiro atoms. The summed E-state index contributed by atoms with van der Waals surface area (Å²) < 4.78 is 6.18. The van der Waals surface area contributed by atoms with E-state index < -0.39 is 5.97 Å². The lowest BCUT2D eigenvalue weighted by molar-refractivity contribution is -0.137. The number of piperidine rings is 1. The van der Waals surface area contributed by atoms with Gasteiger partial charge in [-0.2, -0.15) is 0 Å². The number of aliphatic carboxylic acids is 1. The number of allylic oxidation sites excluding steroid dienone is 2. The third kappa shape index (κ3) is 3.88. The second kappa shape index (κ2) is 7.99. The summed E-state index contributed by atoms with van der Waals surface area (Å²) in [5.41, 5.74) is 6.45. The highest BCUT2D eigenvalue weighted by Gasteiger charge is 2.43. The van der Waals surface area contributed by atoms with Crippen LogP contribution in [-0.4, -0.2) is 42.2 Å². The third-order valence-electron chi connectivity index (χ3n) is 7.22. The number of carboxylic acid groups (broad SMARTS) is 1. The topological polar surface area (TPSA) is 49.8 Å². The smallest absolute Gasteiger partial charge is 0.304 e. The van der Waals surface area contributed by atoms with Crippen molar-refractivity contribution in [1.82, 2.24) is 4.90 Å². The van der Waals surface area contributed by atoms with Gasteiger partial charge in [-0.3, -0.25) is 4.79 Å². The first kappa shape index (κ1) is 20.6. The van der Waals surface area contributed by atoms with Gasteiger partial charge >= 0.3 is 5.97 Å². The lowest BCUT2D eigenvalue weighted by Crippen LogP contribution is -2.44. The Morgan fingerprint density at radius 1 is 1.23 bits per heavy atom. The summed E-state index contributed by atoms with van der Waals surface area (Å²) in [6.07, 6.45) is 5.54. The van der Waals surface area contributed by atoms with E-state index in [1.807, 2.05) is 6.07 Å². The highest BCUT2D eigenvalue weighted by Crippen LogP contribution is 2.52. The number of rotatable bonds is 6. The van der Waals surface area contributed by atoms with Crippen molar-refractivity contribution in [3.8, 4) is 5.75 Å². The molecule has 2 aliphatic heterocycles. The van der Waals surface area contributed by atoms with Gasteiger partial charge in [0.05, 0.1) is 13.0 Å². The van der Waals surface area contributed by atoms with E-state index in [1.165, 1.54) is 27.8 Å².